The summed E-state index contributed by atoms with van der Waals surface area (Å²) in [7, 11) is 0. The number of aromatic nitrogens is 5. The lowest BCUT2D eigenvalue weighted by atomic mass is 10.1. The van der Waals surface area contributed by atoms with E-state index in [1.807, 2.05) is 42.1 Å². The molecule has 0 aliphatic heterocycles. The molecule has 4 aromatic rings. The van der Waals surface area contributed by atoms with Crippen molar-refractivity contribution < 1.29 is 4.42 Å². The zero-order chi connectivity index (χ0) is 17.4. The number of benzene rings is 1. The highest BCUT2D eigenvalue weighted by molar-refractivity contribution is 9.10. The van der Waals surface area contributed by atoms with Gasteiger partial charge in [0.2, 0.25) is 5.89 Å². The van der Waals surface area contributed by atoms with Gasteiger partial charge in [-0.25, -0.2) is 4.98 Å². The van der Waals surface area contributed by atoms with E-state index in [-0.39, 0.29) is 5.92 Å². The van der Waals surface area contributed by atoms with E-state index in [0.717, 1.165) is 15.4 Å². The molecule has 1 unspecified atom stereocenters. The summed E-state index contributed by atoms with van der Waals surface area (Å²) in [5, 5.41) is 13.7. The molecule has 0 amide bonds. The van der Waals surface area contributed by atoms with E-state index in [0.29, 0.717) is 24.0 Å². The van der Waals surface area contributed by atoms with Crippen LogP contribution < -0.4 is 0 Å². The number of fused-ring (bicyclic) bond motifs is 1. The van der Waals surface area contributed by atoms with E-state index in [4.69, 9.17) is 4.42 Å². The van der Waals surface area contributed by atoms with Gasteiger partial charge < -0.3 is 4.42 Å². The third-order valence-electron chi connectivity index (χ3n) is 3.99. The van der Waals surface area contributed by atoms with Gasteiger partial charge >= 0.3 is 0 Å². The highest BCUT2D eigenvalue weighted by atomic mass is 79.9. The number of hydrogen-bond donors (Lipinski definition) is 0. The number of hydrogen-bond acceptors (Lipinski definition) is 5. The van der Waals surface area contributed by atoms with Crippen LogP contribution in [0.15, 0.2) is 51.6 Å². The van der Waals surface area contributed by atoms with E-state index < -0.39 is 0 Å². The second-order valence-electron chi connectivity index (χ2n) is 6.12. The van der Waals surface area contributed by atoms with Gasteiger partial charge in [0.1, 0.15) is 5.69 Å². The van der Waals surface area contributed by atoms with Crippen LogP contribution in [0, 0.1) is 6.92 Å². The highest BCUT2D eigenvalue weighted by Gasteiger charge is 2.17. The average molecular weight is 398 g/mol. The number of nitrogens with zero attached hydrogens (tertiary/aromatic N) is 5. The Morgan fingerprint density at radius 3 is 2.88 bits per heavy atom. The summed E-state index contributed by atoms with van der Waals surface area (Å²) in [6.07, 6.45) is 3.67. The Balaban J connectivity index is 1.59. The molecule has 0 spiro atoms. The topological polar surface area (TPSA) is 69.6 Å². The molecule has 0 saturated heterocycles. The minimum atomic E-state index is 0.0520. The maximum absolute atomic E-state index is 5.85. The maximum Gasteiger partial charge on any atom is 0.266 e. The van der Waals surface area contributed by atoms with Crippen LogP contribution in [0.2, 0.25) is 0 Å². The standard InChI is InChI=1S/C18H16BrN5O/c1-11-3-5-15-13(7-11)4-6-16(21-15)18-23-22-17(25-18)12(2)9-24-10-14(19)8-20-24/h3-8,10,12H,9H2,1-2H3. The van der Waals surface area contributed by atoms with Crippen molar-refractivity contribution in [2.45, 2.75) is 26.3 Å². The van der Waals surface area contributed by atoms with Crippen LogP contribution in [-0.4, -0.2) is 25.0 Å². The van der Waals surface area contributed by atoms with Crippen molar-refractivity contribution in [2.24, 2.45) is 0 Å². The first-order valence-corrected chi connectivity index (χ1v) is 8.77. The molecule has 3 aromatic heterocycles. The van der Waals surface area contributed by atoms with Gasteiger partial charge in [-0.05, 0) is 41.1 Å². The van der Waals surface area contributed by atoms with Gasteiger partial charge in [0.05, 0.1) is 28.6 Å². The van der Waals surface area contributed by atoms with Crippen molar-refractivity contribution in [3.8, 4) is 11.6 Å². The van der Waals surface area contributed by atoms with Gasteiger partial charge in [-0.3, -0.25) is 4.68 Å². The maximum atomic E-state index is 5.85. The largest absolute Gasteiger partial charge is 0.419 e. The summed E-state index contributed by atoms with van der Waals surface area (Å²) >= 11 is 3.39. The van der Waals surface area contributed by atoms with Gasteiger partial charge in [-0.15, -0.1) is 10.2 Å². The van der Waals surface area contributed by atoms with Crippen LogP contribution in [-0.2, 0) is 6.54 Å². The molecule has 0 saturated carbocycles. The third kappa shape index (κ3) is 3.32. The predicted octanol–water partition coefficient (Wildman–Crippen LogP) is 4.36. The highest BCUT2D eigenvalue weighted by Crippen LogP contribution is 2.24. The van der Waals surface area contributed by atoms with Crippen LogP contribution in [0.3, 0.4) is 0 Å². The summed E-state index contributed by atoms with van der Waals surface area (Å²) in [5.41, 5.74) is 2.81. The van der Waals surface area contributed by atoms with Crippen molar-refractivity contribution >= 4 is 26.8 Å². The van der Waals surface area contributed by atoms with Crippen LogP contribution in [0.25, 0.3) is 22.5 Å². The van der Waals surface area contributed by atoms with Crippen molar-refractivity contribution in [1.29, 1.82) is 0 Å². The molecule has 0 bridgehead atoms. The fraction of sp³-hybridized carbons (Fsp3) is 0.222. The summed E-state index contributed by atoms with van der Waals surface area (Å²) in [6, 6.07) is 10.1. The minimum Gasteiger partial charge on any atom is -0.419 e. The lowest BCUT2D eigenvalue weighted by Gasteiger charge is -2.06. The summed E-state index contributed by atoms with van der Waals surface area (Å²) in [6.45, 7) is 4.76. The molecule has 1 aromatic carbocycles. The zero-order valence-electron chi connectivity index (χ0n) is 13.8. The number of aryl methyl sites for hydroxylation is 1. The summed E-state index contributed by atoms with van der Waals surface area (Å²) < 4.78 is 8.63. The second-order valence-corrected chi connectivity index (χ2v) is 7.04. The van der Waals surface area contributed by atoms with Crippen molar-refractivity contribution in [3.63, 3.8) is 0 Å². The van der Waals surface area contributed by atoms with Crippen LogP contribution >= 0.6 is 15.9 Å². The quantitative estimate of drug-likeness (QED) is 0.511. The fourth-order valence-corrected chi connectivity index (χ4v) is 3.03. The van der Waals surface area contributed by atoms with Gasteiger partial charge in [0.25, 0.3) is 5.89 Å². The van der Waals surface area contributed by atoms with Crippen LogP contribution in [0.4, 0.5) is 0 Å². The van der Waals surface area contributed by atoms with E-state index in [2.05, 4.69) is 49.2 Å². The predicted molar refractivity (Wildman–Crippen MR) is 98.1 cm³/mol. The van der Waals surface area contributed by atoms with Crippen molar-refractivity contribution in [2.75, 3.05) is 0 Å². The monoisotopic (exact) mass is 397 g/mol. The van der Waals surface area contributed by atoms with Gasteiger partial charge in [0, 0.05) is 11.6 Å². The first kappa shape index (κ1) is 16.0. The Morgan fingerprint density at radius 2 is 2.08 bits per heavy atom. The lowest BCUT2D eigenvalue weighted by molar-refractivity contribution is 0.423. The Kier molecular flexibility index (Phi) is 4.09. The van der Waals surface area contributed by atoms with Crippen molar-refractivity contribution in [3.05, 3.63) is 58.7 Å². The van der Waals surface area contributed by atoms with E-state index in [1.54, 1.807) is 6.20 Å². The number of halogens is 1. The smallest absolute Gasteiger partial charge is 0.266 e. The van der Waals surface area contributed by atoms with Crippen LogP contribution in [0.5, 0.6) is 0 Å². The molecule has 0 fully saturated rings. The molecule has 0 aliphatic rings. The minimum absolute atomic E-state index is 0.0520. The van der Waals surface area contributed by atoms with Crippen LogP contribution in [0.1, 0.15) is 24.3 Å². The fourth-order valence-electron chi connectivity index (χ4n) is 2.70. The first-order valence-electron chi connectivity index (χ1n) is 7.97. The Morgan fingerprint density at radius 1 is 1.20 bits per heavy atom. The molecule has 6 nitrogen and oxygen atoms in total. The number of rotatable bonds is 4. The molecule has 1 atom stereocenters. The number of pyridine rings is 1. The molecular weight excluding hydrogens is 382 g/mol. The van der Waals surface area contributed by atoms with Gasteiger partial charge in [-0.2, -0.15) is 5.10 Å². The summed E-state index contributed by atoms with van der Waals surface area (Å²) in [4.78, 5) is 4.63. The van der Waals surface area contributed by atoms with Gasteiger partial charge in [-0.1, -0.05) is 24.6 Å². The molecule has 0 aliphatic carbocycles. The van der Waals surface area contributed by atoms with E-state index in [1.165, 1.54) is 5.56 Å². The van der Waals surface area contributed by atoms with Crippen molar-refractivity contribution in [1.82, 2.24) is 25.0 Å². The molecule has 126 valence electrons. The SMILES string of the molecule is Cc1ccc2nc(-c3nnc(C(C)Cn4cc(Br)cn4)o3)ccc2c1. The lowest BCUT2D eigenvalue weighted by Crippen LogP contribution is -2.06. The summed E-state index contributed by atoms with van der Waals surface area (Å²) in [5.74, 6) is 1.06. The third-order valence-corrected chi connectivity index (χ3v) is 4.40. The molecule has 0 N–H and O–H groups in total. The zero-order valence-corrected chi connectivity index (χ0v) is 15.4. The Bertz CT molecular complexity index is 1040. The Labute approximate surface area is 153 Å². The van der Waals surface area contributed by atoms with E-state index >= 15 is 0 Å². The molecular formula is C18H16BrN5O. The normalized spacial score (nSPS) is 12.6. The molecule has 4 rings (SSSR count). The first-order chi connectivity index (χ1) is 12.1. The molecule has 0 radical (unpaired) electrons. The van der Waals surface area contributed by atoms with Gasteiger partial charge in [0.15, 0.2) is 0 Å². The molecule has 25 heavy (non-hydrogen) atoms. The molecule has 3 heterocycles. The average Bonchev–Trinajstić information content (AvgIpc) is 3.24. The second kappa shape index (κ2) is 6.40. The molecule has 7 heteroatoms. The Hall–Kier alpha value is -2.54. The van der Waals surface area contributed by atoms with E-state index in [9.17, 15) is 0 Å².